The van der Waals surface area contributed by atoms with Crippen LogP contribution in [0.15, 0.2) is 24.3 Å². The summed E-state index contributed by atoms with van der Waals surface area (Å²) in [5.74, 6) is -1.80. The summed E-state index contributed by atoms with van der Waals surface area (Å²) in [4.78, 5) is 10.5. The Balaban J connectivity index is 3.01. The second-order valence-corrected chi connectivity index (χ2v) is 3.09. The molecule has 0 heterocycles. The van der Waals surface area contributed by atoms with Gasteiger partial charge in [-0.1, -0.05) is 12.1 Å². The first-order valence-electron chi connectivity index (χ1n) is 4.38. The van der Waals surface area contributed by atoms with Gasteiger partial charge in [0.1, 0.15) is 5.75 Å². The molecule has 0 radical (unpaired) electrons. The highest BCUT2D eigenvalue weighted by Gasteiger charge is 2.34. The van der Waals surface area contributed by atoms with Gasteiger partial charge in [-0.25, -0.2) is 4.79 Å². The molecule has 0 fully saturated rings. The normalized spacial score (nSPS) is 13.2. The van der Waals surface area contributed by atoms with Crippen LogP contribution in [-0.2, 0) is 11.0 Å². The van der Waals surface area contributed by atoms with Gasteiger partial charge in [0.2, 0.25) is 0 Å². The lowest BCUT2D eigenvalue weighted by Crippen LogP contribution is -2.24. The van der Waals surface area contributed by atoms with Crippen molar-refractivity contribution in [1.82, 2.24) is 0 Å². The molecule has 0 spiro atoms. The van der Waals surface area contributed by atoms with Crippen molar-refractivity contribution in [3.63, 3.8) is 0 Å². The maximum atomic E-state index is 12.5. The van der Waals surface area contributed by atoms with Crippen LogP contribution in [0.4, 0.5) is 13.2 Å². The third-order valence-electron chi connectivity index (χ3n) is 1.84. The van der Waals surface area contributed by atoms with Crippen molar-refractivity contribution in [2.45, 2.75) is 19.2 Å². The van der Waals surface area contributed by atoms with Crippen LogP contribution in [0.25, 0.3) is 0 Å². The van der Waals surface area contributed by atoms with E-state index in [4.69, 9.17) is 9.84 Å². The minimum absolute atomic E-state index is 0.482. The molecular weight excluding hydrogens is 225 g/mol. The predicted molar refractivity (Wildman–Crippen MR) is 49.2 cm³/mol. The minimum Gasteiger partial charge on any atom is -0.479 e. The van der Waals surface area contributed by atoms with Crippen molar-refractivity contribution >= 4 is 5.97 Å². The average molecular weight is 234 g/mol. The molecule has 1 N–H and O–H groups in total. The Morgan fingerprint density at radius 3 is 2.44 bits per heavy atom. The molecule has 1 atom stereocenters. The Morgan fingerprint density at radius 1 is 1.38 bits per heavy atom. The topological polar surface area (TPSA) is 46.5 Å². The summed E-state index contributed by atoms with van der Waals surface area (Å²) in [7, 11) is 0. The van der Waals surface area contributed by atoms with Crippen LogP contribution in [0.5, 0.6) is 5.75 Å². The van der Waals surface area contributed by atoms with Crippen LogP contribution < -0.4 is 4.74 Å². The number of halogens is 3. The number of rotatable bonds is 3. The quantitative estimate of drug-likeness (QED) is 0.874. The summed E-state index contributed by atoms with van der Waals surface area (Å²) in [6, 6.07) is 4.48. The van der Waals surface area contributed by atoms with Crippen LogP contribution in [-0.4, -0.2) is 17.2 Å². The van der Waals surface area contributed by atoms with Crippen molar-refractivity contribution in [2.24, 2.45) is 0 Å². The molecule has 1 unspecified atom stereocenters. The number of aliphatic carboxylic acids is 1. The molecule has 0 aromatic heterocycles. The summed E-state index contributed by atoms with van der Waals surface area (Å²) in [5.41, 5.74) is -0.983. The van der Waals surface area contributed by atoms with E-state index in [2.05, 4.69) is 0 Å². The van der Waals surface area contributed by atoms with Gasteiger partial charge in [0.15, 0.2) is 6.10 Å². The number of carboxylic acids is 1. The molecule has 16 heavy (non-hydrogen) atoms. The zero-order valence-corrected chi connectivity index (χ0v) is 8.28. The number of benzene rings is 1. The number of para-hydroxylation sites is 1. The molecule has 88 valence electrons. The summed E-state index contributed by atoms with van der Waals surface area (Å²) in [5, 5.41) is 8.53. The summed E-state index contributed by atoms with van der Waals surface area (Å²) in [6.45, 7) is 1.16. The van der Waals surface area contributed by atoms with Crippen LogP contribution in [0, 0.1) is 0 Å². The van der Waals surface area contributed by atoms with Gasteiger partial charge in [-0.05, 0) is 19.1 Å². The lowest BCUT2D eigenvalue weighted by Gasteiger charge is -2.15. The van der Waals surface area contributed by atoms with E-state index in [1.165, 1.54) is 12.1 Å². The van der Waals surface area contributed by atoms with Crippen LogP contribution in [0.1, 0.15) is 12.5 Å². The molecule has 6 heteroatoms. The first-order chi connectivity index (χ1) is 7.32. The van der Waals surface area contributed by atoms with E-state index >= 15 is 0 Å². The second kappa shape index (κ2) is 4.42. The van der Waals surface area contributed by atoms with Gasteiger partial charge in [-0.2, -0.15) is 13.2 Å². The third kappa shape index (κ3) is 2.88. The van der Waals surface area contributed by atoms with Gasteiger partial charge in [0, 0.05) is 0 Å². The molecule has 0 saturated heterocycles. The van der Waals surface area contributed by atoms with E-state index in [1.807, 2.05) is 0 Å². The van der Waals surface area contributed by atoms with E-state index in [1.54, 1.807) is 0 Å². The number of carboxylic acid groups (broad SMARTS) is 1. The molecule has 0 bridgehead atoms. The molecule has 1 rings (SSSR count). The second-order valence-electron chi connectivity index (χ2n) is 3.09. The van der Waals surface area contributed by atoms with Gasteiger partial charge in [-0.3, -0.25) is 0 Å². The highest BCUT2D eigenvalue weighted by molar-refractivity contribution is 5.72. The van der Waals surface area contributed by atoms with E-state index in [-0.39, 0.29) is 0 Å². The zero-order valence-electron chi connectivity index (χ0n) is 8.28. The van der Waals surface area contributed by atoms with Crippen LogP contribution >= 0.6 is 0 Å². The lowest BCUT2D eigenvalue weighted by atomic mass is 10.2. The molecule has 1 aromatic carbocycles. The van der Waals surface area contributed by atoms with Crippen molar-refractivity contribution in [2.75, 3.05) is 0 Å². The number of alkyl halides is 3. The Hall–Kier alpha value is -1.72. The fourth-order valence-electron chi connectivity index (χ4n) is 1.04. The molecule has 0 aliphatic rings. The smallest absolute Gasteiger partial charge is 0.419 e. The summed E-state index contributed by atoms with van der Waals surface area (Å²) < 4.78 is 42.1. The predicted octanol–water partition coefficient (Wildman–Crippen LogP) is 2.56. The Labute approximate surface area is 89.5 Å². The van der Waals surface area contributed by atoms with Gasteiger partial charge >= 0.3 is 12.1 Å². The summed E-state index contributed by atoms with van der Waals surface area (Å²) in [6.07, 6.45) is -5.89. The van der Waals surface area contributed by atoms with Crippen molar-refractivity contribution in [3.05, 3.63) is 29.8 Å². The fraction of sp³-hybridized carbons (Fsp3) is 0.300. The van der Waals surface area contributed by atoms with E-state index in [0.717, 1.165) is 19.1 Å². The molecule has 3 nitrogen and oxygen atoms in total. The maximum absolute atomic E-state index is 12.5. The largest absolute Gasteiger partial charge is 0.479 e. The van der Waals surface area contributed by atoms with E-state index < -0.39 is 29.6 Å². The Kier molecular flexibility index (Phi) is 3.41. The van der Waals surface area contributed by atoms with Crippen molar-refractivity contribution in [1.29, 1.82) is 0 Å². The van der Waals surface area contributed by atoms with Crippen molar-refractivity contribution in [3.8, 4) is 5.75 Å². The molecule has 0 aliphatic heterocycles. The minimum atomic E-state index is -4.56. The average Bonchev–Trinajstić information content (AvgIpc) is 2.16. The molecule has 1 aromatic rings. The fourth-order valence-corrected chi connectivity index (χ4v) is 1.04. The molecule has 0 saturated carbocycles. The molecule has 0 amide bonds. The third-order valence-corrected chi connectivity index (χ3v) is 1.84. The summed E-state index contributed by atoms with van der Waals surface area (Å²) >= 11 is 0. The Bertz CT molecular complexity index is 387. The van der Waals surface area contributed by atoms with E-state index in [9.17, 15) is 18.0 Å². The van der Waals surface area contributed by atoms with Gasteiger partial charge < -0.3 is 9.84 Å². The number of carbonyl (C=O) groups is 1. The number of hydrogen-bond acceptors (Lipinski definition) is 2. The molecule has 0 aliphatic carbocycles. The van der Waals surface area contributed by atoms with Crippen molar-refractivity contribution < 1.29 is 27.8 Å². The van der Waals surface area contributed by atoms with Gasteiger partial charge in [-0.15, -0.1) is 0 Å². The number of hydrogen-bond donors (Lipinski definition) is 1. The first-order valence-corrected chi connectivity index (χ1v) is 4.38. The SMILES string of the molecule is CC(Oc1ccccc1C(F)(F)F)C(=O)O. The maximum Gasteiger partial charge on any atom is 0.419 e. The number of ether oxygens (including phenoxy) is 1. The zero-order chi connectivity index (χ0) is 12.3. The molecular formula is C10H9F3O3. The first kappa shape index (κ1) is 12.4. The van der Waals surface area contributed by atoms with Gasteiger partial charge in [0.05, 0.1) is 5.56 Å². The van der Waals surface area contributed by atoms with Crippen LogP contribution in [0.3, 0.4) is 0 Å². The standard InChI is InChI=1S/C10H9F3O3/c1-6(9(14)15)16-8-5-3-2-4-7(8)10(11,12)13/h2-6H,1H3,(H,14,15). The highest BCUT2D eigenvalue weighted by Crippen LogP contribution is 2.36. The van der Waals surface area contributed by atoms with Crippen LogP contribution in [0.2, 0.25) is 0 Å². The monoisotopic (exact) mass is 234 g/mol. The lowest BCUT2D eigenvalue weighted by molar-refractivity contribution is -0.147. The van der Waals surface area contributed by atoms with Gasteiger partial charge in [0.25, 0.3) is 0 Å². The van der Waals surface area contributed by atoms with E-state index in [0.29, 0.717) is 0 Å². The Morgan fingerprint density at radius 2 is 1.94 bits per heavy atom. The highest BCUT2D eigenvalue weighted by atomic mass is 19.4.